The molecule has 6 rings (SSSR count). The van der Waals surface area contributed by atoms with E-state index in [-0.39, 0.29) is 0 Å². The monoisotopic (exact) mass is 417 g/mol. The van der Waals surface area contributed by atoms with Crippen molar-refractivity contribution in [1.29, 1.82) is 0 Å². The van der Waals surface area contributed by atoms with Crippen LogP contribution in [0.25, 0.3) is 33.1 Å². The predicted octanol–water partition coefficient (Wildman–Crippen LogP) is 3.89. The molecule has 1 aliphatic carbocycles. The van der Waals surface area contributed by atoms with Crippen LogP contribution < -0.4 is 20.7 Å². The predicted molar refractivity (Wildman–Crippen MR) is 115 cm³/mol. The topological polar surface area (TPSA) is 82.1 Å². The van der Waals surface area contributed by atoms with E-state index in [1.54, 1.807) is 12.1 Å². The second-order valence-electron chi connectivity index (χ2n) is 7.98. The van der Waals surface area contributed by atoms with Gasteiger partial charge in [0, 0.05) is 35.0 Å². The average molecular weight is 417 g/mol. The quantitative estimate of drug-likeness (QED) is 0.468. The minimum Gasteiger partial charge on any atom is -0.493 e. The Morgan fingerprint density at radius 1 is 1.00 bits per heavy atom. The number of ether oxygens (including phenoxy) is 2. The largest absolute Gasteiger partial charge is 0.493 e. The van der Waals surface area contributed by atoms with Gasteiger partial charge in [-0.05, 0) is 37.1 Å². The van der Waals surface area contributed by atoms with Crippen LogP contribution in [0.3, 0.4) is 0 Å². The molecule has 0 atom stereocenters. The highest BCUT2D eigenvalue weighted by atomic mass is 16.5. The lowest BCUT2D eigenvalue weighted by Gasteiger charge is -2.29. The zero-order chi connectivity index (χ0) is 21.1. The molecule has 0 N–H and O–H groups in total. The van der Waals surface area contributed by atoms with E-state index in [1.165, 1.54) is 13.2 Å². The van der Waals surface area contributed by atoms with E-state index in [4.69, 9.17) is 18.3 Å². The van der Waals surface area contributed by atoms with Gasteiger partial charge in [-0.1, -0.05) is 12.1 Å². The molecule has 3 heterocycles. The molecule has 1 fully saturated rings. The third kappa shape index (κ3) is 2.92. The summed E-state index contributed by atoms with van der Waals surface area (Å²) in [5.74, 6) is 1.19. The van der Waals surface area contributed by atoms with Crippen LogP contribution in [0, 0.1) is 0 Å². The molecular weight excluding hydrogens is 398 g/mol. The van der Waals surface area contributed by atoms with Crippen molar-refractivity contribution in [2.24, 2.45) is 0 Å². The van der Waals surface area contributed by atoms with E-state index in [2.05, 4.69) is 4.90 Å². The lowest BCUT2D eigenvalue weighted by atomic mass is 9.99. The van der Waals surface area contributed by atoms with E-state index < -0.39 is 11.3 Å². The molecular formula is C24H19NO6. The van der Waals surface area contributed by atoms with Crippen molar-refractivity contribution in [3.05, 3.63) is 68.9 Å². The number of methoxy groups -OCH3 is 1. The first kappa shape index (κ1) is 18.2. The van der Waals surface area contributed by atoms with Gasteiger partial charge in [-0.3, -0.25) is 4.90 Å². The van der Waals surface area contributed by atoms with Crippen molar-refractivity contribution in [1.82, 2.24) is 4.90 Å². The molecule has 7 nitrogen and oxygen atoms in total. The van der Waals surface area contributed by atoms with Crippen molar-refractivity contribution in [2.45, 2.75) is 25.4 Å². The molecule has 0 saturated heterocycles. The van der Waals surface area contributed by atoms with Gasteiger partial charge in [0.05, 0.1) is 18.2 Å². The number of nitrogens with zero attached hydrogens (tertiary/aromatic N) is 1. The molecule has 156 valence electrons. The second kappa shape index (κ2) is 6.72. The molecule has 0 bridgehead atoms. The fourth-order valence-electron chi connectivity index (χ4n) is 4.31. The molecule has 0 spiro atoms. The van der Waals surface area contributed by atoms with Crippen LogP contribution >= 0.6 is 0 Å². The van der Waals surface area contributed by atoms with Gasteiger partial charge in [-0.15, -0.1) is 0 Å². The van der Waals surface area contributed by atoms with E-state index in [0.717, 1.165) is 18.4 Å². The van der Waals surface area contributed by atoms with Crippen LogP contribution in [0.4, 0.5) is 0 Å². The molecule has 2 aromatic carbocycles. The zero-order valence-electron chi connectivity index (χ0n) is 16.8. The third-order valence-electron chi connectivity index (χ3n) is 6.02. The first-order valence-electron chi connectivity index (χ1n) is 10.2. The highest BCUT2D eigenvalue weighted by Gasteiger charge is 2.33. The number of fused-ring (bicyclic) bond motifs is 4. The summed E-state index contributed by atoms with van der Waals surface area (Å²) in [6, 6.07) is 12.7. The lowest BCUT2D eigenvalue weighted by Crippen LogP contribution is -2.33. The Morgan fingerprint density at radius 3 is 2.68 bits per heavy atom. The SMILES string of the molecule is COc1cccc2cc(-c3cc(=O)oc4c5c(ccc34)OCN(C3CC3)C5)c(=O)oc12. The molecule has 1 saturated carbocycles. The number of benzene rings is 2. The summed E-state index contributed by atoms with van der Waals surface area (Å²) in [5, 5.41) is 1.38. The standard InChI is InChI=1S/C24H19NO6/c1-28-20-4-2-3-13-9-17(24(27)31-22(13)20)16-10-21(26)30-23-15(16)7-8-19-18(23)11-25(12-29-19)14-5-6-14/h2-4,7-10,14H,5-6,11-12H2,1H3. The molecule has 4 aromatic rings. The maximum atomic E-state index is 12.9. The van der Waals surface area contributed by atoms with Gasteiger partial charge in [-0.25, -0.2) is 9.59 Å². The number of para-hydroxylation sites is 1. The van der Waals surface area contributed by atoms with E-state index in [0.29, 0.717) is 63.9 Å². The Balaban J connectivity index is 1.59. The minimum absolute atomic E-state index is 0.300. The molecule has 31 heavy (non-hydrogen) atoms. The fraction of sp³-hybridized carbons (Fsp3) is 0.250. The normalized spacial score (nSPS) is 16.3. The van der Waals surface area contributed by atoms with Gasteiger partial charge < -0.3 is 18.3 Å². The van der Waals surface area contributed by atoms with Gasteiger partial charge in [0.25, 0.3) is 0 Å². The maximum absolute atomic E-state index is 12.9. The van der Waals surface area contributed by atoms with Crippen molar-refractivity contribution in [3.8, 4) is 22.6 Å². The second-order valence-corrected chi connectivity index (χ2v) is 7.98. The van der Waals surface area contributed by atoms with Crippen LogP contribution in [0.15, 0.2) is 60.9 Å². The average Bonchev–Trinajstić information content (AvgIpc) is 3.63. The van der Waals surface area contributed by atoms with Crippen molar-refractivity contribution in [3.63, 3.8) is 0 Å². The lowest BCUT2D eigenvalue weighted by molar-refractivity contribution is 0.0885. The van der Waals surface area contributed by atoms with Crippen LogP contribution in [0.2, 0.25) is 0 Å². The van der Waals surface area contributed by atoms with Crippen LogP contribution in [0.1, 0.15) is 18.4 Å². The Hall–Kier alpha value is -3.58. The molecule has 7 heteroatoms. The summed E-state index contributed by atoms with van der Waals surface area (Å²) in [6.45, 7) is 1.18. The summed E-state index contributed by atoms with van der Waals surface area (Å²) in [4.78, 5) is 27.6. The summed E-state index contributed by atoms with van der Waals surface area (Å²) in [5.41, 5.74) is 1.38. The van der Waals surface area contributed by atoms with E-state index >= 15 is 0 Å². The van der Waals surface area contributed by atoms with Gasteiger partial charge >= 0.3 is 11.3 Å². The number of hydrogen-bond donors (Lipinski definition) is 0. The highest BCUT2D eigenvalue weighted by molar-refractivity contribution is 5.97. The zero-order valence-corrected chi connectivity index (χ0v) is 16.8. The van der Waals surface area contributed by atoms with Gasteiger partial charge in [-0.2, -0.15) is 0 Å². The van der Waals surface area contributed by atoms with E-state index in [1.807, 2.05) is 24.3 Å². The molecule has 2 aliphatic rings. The Labute approximate surface area is 176 Å². The highest BCUT2D eigenvalue weighted by Crippen LogP contribution is 2.39. The summed E-state index contributed by atoms with van der Waals surface area (Å²) in [7, 11) is 1.52. The Bertz CT molecular complexity index is 1460. The summed E-state index contributed by atoms with van der Waals surface area (Å²) < 4.78 is 22.4. The number of hydrogen-bond acceptors (Lipinski definition) is 7. The molecule has 2 aromatic heterocycles. The van der Waals surface area contributed by atoms with Gasteiger partial charge in [0.15, 0.2) is 11.3 Å². The van der Waals surface area contributed by atoms with Crippen LogP contribution in [0.5, 0.6) is 11.5 Å². The minimum atomic E-state index is -0.544. The smallest absolute Gasteiger partial charge is 0.344 e. The molecule has 0 unspecified atom stereocenters. The van der Waals surface area contributed by atoms with Crippen LogP contribution in [-0.2, 0) is 6.54 Å². The van der Waals surface area contributed by atoms with Gasteiger partial charge in [0.2, 0.25) is 0 Å². The summed E-state index contributed by atoms with van der Waals surface area (Å²) in [6.07, 6.45) is 2.31. The first-order valence-corrected chi connectivity index (χ1v) is 10.2. The number of rotatable bonds is 3. The van der Waals surface area contributed by atoms with Crippen molar-refractivity contribution >= 4 is 21.9 Å². The maximum Gasteiger partial charge on any atom is 0.344 e. The Kier molecular flexibility index (Phi) is 3.94. The molecule has 1 aliphatic heterocycles. The Morgan fingerprint density at radius 2 is 1.87 bits per heavy atom. The fourth-order valence-corrected chi connectivity index (χ4v) is 4.31. The van der Waals surface area contributed by atoms with Crippen LogP contribution in [-0.4, -0.2) is 24.8 Å². The van der Waals surface area contributed by atoms with Gasteiger partial charge in [0.1, 0.15) is 18.1 Å². The molecule has 0 radical (unpaired) electrons. The first-order chi connectivity index (χ1) is 15.1. The summed E-state index contributed by atoms with van der Waals surface area (Å²) >= 11 is 0. The van der Waals surface area contributed by atoms with E-state index in [9.17, 15) is 9.59 Å². The molecule has 0 amide bonds. The van der Waals surface area contributed by atoms with Crippen molar-refractivity contribution in [2.75, 3.05) is 13.8 Å². The third-order valence-corrected chi connectivity index (χ3v) is 6.02. The van der Waals surface area contributed by atoms with Crippen molar-refractivity contribution < 1.29 is 18.3 Å².